The van der Waals surface area contributed by atoms with E-state index in [1.54, 1.807) is 0 Å². The van der Waals surface area contributed by atoms with Gasteiger partial charge in [-0.05, 0) is 24.3 Å². The molecule has 154 valence electrons. The second-order valence-electron chi connectivity index (χ2n) is 5.84. The summed E-state index contributed by atoms with van der Waals surface area (Å²) >= 11 is 5.70. The first-order valence-corrected chi connectivity index (χ1v) is 8.54. The number of H-pyrrole nitrogens is 1. The lowest BCUT2D eigenvalue weighted by atomic mass is 10.2. The number of hydrogen-bond donors (Lipinski definition) is 2. The quantitative estimate of drug-likeness (QED) is 0.467. The number of ether oxygens (including phenoxy) is 1. The predicted octanol–water partition coefficient (Wildman–Crippen LogP) is 2.49. The van der Waals surface area contributed by atoms with E-state index < -0.39 is 33.5 Å². The molecule has 12 heteroatoms. The lowest BCUT2D eigenvalue weighted by Crippen LogP contribution is -2.38. The molecule has 1 amide bonds. The number of benzene rings is 2. The molecule has 0 fully saturated rings. The summed E-state index contributed by atoms with van der Waals surface area (Å²) in [4.78, 5) is 50.1. The highest BCUT2D eigenvalue weighted by Crippen LogP contribution is 2.29. The first-order chi connectivity index (χ1) is 14.2. The Bertz CT molecular complexity index is 1290. The maximum atomic E-state index is 13.4. The number of aromatic nitrogens is 2. The number of aromatic amines is 1. The predicted molar refractivity (Wildman–Crippen MR) is 105 cm³/mol. The fraction of sp³-hybridized carbons (Fsp3) is 0.0556. The van der Waals surface area contributed by atoms with E-state index in [4.69, 9.17) is 16.3 Å². The molecule has 0 saturated carbocycles. The maximum absolute atomic E-state index is 13.4. The van der Waals surface area contributed by atoms with Crippen LogP contribution in [0.5, 0.6) is 5.75 Å². The molecule has 0 unspecified atom stereocenters. The van der Waals surface area contributed by atoms with Crippen LogP contribution < -0.4 is 21.3 Å². The Morgan fingerprint density at radius 3 is 2.63 bits per heavy atom. The van der Waals surface area contributed by atoms with Crippen LogP contribution in [0.25, 0.3) is 5.69 Å². The molecule has 0 aliphatic rings. The van der Waals surface area contributed by atoms with E-state index in [0.717, 1.165) is 30.5 Å². The SMILES string of the molecule is COc1ccc([N+](=O)[O-])cc1NC(=O)c1c[nH]c(=O)n(-c2ccc(F)c(Cl)c2)c1=O. The van der Waals surface area contributed by atoms with Crippen LogP contribution >= 0.6 is 11.6 Å². The molecule has 0 atom stereocenters. The van der Waals surface area contributed by atoms with E-state index in [-0.39, 0.29) is 27.8 Å². The highest BCUT2D eigenvalue weighted by molar-refractivity contribution is 6.30. The van der Waals surface area contributed by atoms with Crippen LogP contribution in [0.2, 0.25) is 5.02 Å². The summed E-state index contributed by atoms with van der Waals surface area (Å²) in [6.07, 6.45) is 0.894. The minimum Gasteiger partial charge on any atom is -0.495 e. The van der Waals surface area contributed by atoms with Gasteiger partial charge in [-0.2, -0.15) is 0 Å². The number of carbonyl (C=O) groups excluding carboxylic acids is 1. The zero-order valence-corrected chi connectivity index (χ0v) is 15.9. The Morgan fingerprint density at radius 2 is 2.00 bits per heavy atom. The van der Waals surface area contributed by atoms with Gasteiger partial charge in [-0.1, -0.05) is 11.6 Å². The van der Waals surface area contributed by atoms with Gasteiger partial charge in [0.2, 0.25) is 0 Å². The van der Waals surface area contributed by atoms with Crippen LogP contribution in [-0.2, 0) is 0 Å². The molecule has 0 radical (unpaired) electrons. The monoisotopic (exact) mass is 434 g/mol. The van der Waals surface area contributed by atoms with Gasteiger partial charge in [-0.25, -0.2) is 13.8 Å². The average molecular weight is 435 g/mol. The summed E-state index contributed by atoms with van der Waals surface area (Å²) in [5.74, 6) is -1.60. The number of anilines is 1. The van der Waals surface area contributed by atoms with Crippen molar-refractivity contribution in [2.45, 2.75) is 0 Å². The molecular formula is C18H12ClFN4O6. The zero-order chi connectivity index (χ0) is 22.0. The molecule has 30 heavy (non-hydrogen) atoms. The van der Waals surface area contributed by atoms with Crippen molar-refractivity contribution in [1.82, 2.24) is 9.55 Å². The largest absolute Gasteiger partial charge is 0.495 e. The Labute approximate surface area is 171 Å². The normalized spacial score (nSPS) is 10.5. The molecule has 0 spiro atoms. The molecule has 1 aromatic heterocycles. The minimum absolute atomic E-state index is 0.0568. The van der Waals surface area contributed by atoms with Crippen molar-refractivity contribution in [3.05, 3.63) is 90.0 Å². The number of methoxy groups -OCH3 is 1. The number of nitrogens with zero attached hydrogens (tertiary/aromatic N) is 2. The molecule has 2 N–H and O–H groups in total. The van der Waals surface area contributed by atoms with Crippen molar-refractivity contribution in [3.8, 4) is 11.4 Å². The van der Waals surface area contributed by atoms with Gasteiger partial charge in [0.25, 0.3) is 17.2 Å². The molecule has 10 nitrogen and oxygen atoms in total. The minimum atomic E-state index is -1.01. The number of carbonyl (C=O) groups is 1. The van der Waals surface area contributed by atoms with Crippen molar-refractivity contribution >= 4 is 28.9 Å². The number of nitro benzene ring substituents is 1. The molecule has 0 aliphatic heterocycles. The van der Waals surface area contributed by atoms with Crippen molar-refractivity contribution in [3.63, 3.8) is 0 Å². The van der Waals surface area contributed by atoms with Crippen LogP contribution in [-0.4, -0.2) is 27.5 Å². The van der Waals surface area contributed by atoms with Gasteiger partial charge in [0.05, 0.1) is 28.4 Å². The number of rotatable bonds is 5. The van der Waals surface area contributed by atoms with Crippen molar-refractivity contribution < 1.29 is 18.8 Å². The first kappa shape index (κ1) is 20.7. The number of halogens is 2. The second-order valence-corrected chi connectivity index (χ2v) is 6.25. The summed E-state index contributed by atoms with van der Waals surface area (Å²) in [5, 5.41) is 13.0. The van der Waals surface area contributed by atoms with Crippen LogP contribution in [0.4, 0.5) is 15.8 Å². The smallest absolute Gasteiger partial charge is 0.333 e. The van der Waals surface area contributed by atoms with E-state index in [1.165, 1.54) is 19.2 Å². The van der Waals surface area contributed by atoms with Gasteiger partial charge in [0.1, 0.15) is 17.1 Å². The molecule has 0 saturated heterocycles. The van der Waals surface area contributed by atoms with E-state index in [0.29, 0.717) is 4.57 Å². The molecule has 3 rings (SSSR count). The van der Waals surface area contributed by atoms with Crippen molar-refractivity contribution in [2.24, 2.45) is 0 Å². The number of hydrogen-bond acceptors (Lipinski definition) is 6. The molecule has 3 aromatic rings. The summed E-state index contributed by atoms with van der Waals surface area (Å²) in [5.41, 5.74) is -2.81. The Morgan fingerprint density at radius 1 is 1.27 bits per heavy atom. The van der Waals surface area contributed by atoms with Gasteiger partial charge in [-0.15, -0.1) is 0 Å². The molecule has 0 aliphatic carbocycles. The molecular weight excluding hydrogens is 423 g/mol. The average Bonchev–Trinajstić information content (AvgIpc) is 2.70. The van der Waals surface area contributed by atoms with Gasteiger partial charge in [0.15, 0.2) is 0 Å². The van der Waals surface area contributed by atoms with E-state index >= 15 is 0 Å². The standard InChI is InChI=1S/C18H12ClFN4O6/c1-30-15-5-3-10(24(28)29)7-14(15)22-16(25)11-8-21-18(27)23(17(11)26)9-2-4-13(20)12(19)6-9/h2-8H,1H3,(H,21,27)(H,22,25). The van der Waals surface area contributed by atoms with Gasteiger partial charge >= 0.3 is 5.69 Å². The lowest BCUT2D eigenvalue weighted by molar-refractivity contribution is -0.384. The van der Waals surface area contributed by atoms with E-state index in [9.17, 15) is 28.9 Å². The summed E-state index contributed by atoms with van der Waals surface area (Å²) in [6, 6.07) is 6.67. The van der Waals surface area contributed by atoms with Crippen LogP contribution in [0.15, 0.2) is 52.2 Å². The second kappa shape index (κ2) is 8.17. The Balaban J connectivity index is 2.05. The maximum Gasteiger partial charge on any atom is 0.333 e. The first-order valence-electron chi connectivity index (χ1n) is 8.17. The third-order valence-corrected chi connectivity index (χ3v) is 4.31. The van der Waals surface area contributed by atoms with Crippen molar-refractivity contribution in [2.75, 3.05) is 12.4 Å². The number of non-ortho nitro benzene ring substituents is 1. The fourth-order valence-electron chi connectivity index (χ4n) is 2.59. The zero-order valence-electron chi connectivity index (χ0n) is 15.1. The lowest BCUT2D eigenvalue weighted by Gasteiger charge is -2.11. The fourth-order valence-corrected chi connectivity index (χ4v) is 2.77. The number of nitrogens with one attached hydrogen (secondary N) is 2. The molecule has 0 bridgehead atoms. The highest BCUT2D eigenvalue weighted by Gasteiger charge is 2.19. The molecule has 2 aromatic carbocycles. The summed E-state index contributed by atoms with van der Waals surface area (Å²) in [7, 11) is 1.29. The van der Waals surface area contributed by atoms with Crippen LogP contribution in [0.3, 0.4) is 0 Å². The van der Waals surface area contributed by atoms with Gasteiger partial charge < -0.3 is 15.0 Å². The third-order valence-electron chi connectivity index (χ3n) is 4.02. The van der Waals surface area contributed by atoms with E-state index in [1.807, 2.05) is 0 Å². The highest BCUT2D eigenvalue weighted by atomic mass is 35.5. The Hall–Kier alpha value is -3.99. The number of amides is 1. The number of nitro groups is 1. The topological polar surface area (TPSA) is 136 Å². The third kappa shape index (κ3) is 3.91. The van der Waals surface area contributed by atoms with Crippen molar-refractivity contribution in [1.29, 1.82) is 0 Å². The van der Waals surface area contributed by atoms with Crippen LogP contribution in [0.1, 0.15) is 10.4 Å². The summed E-state index contributed by atoms with van der Waals surface area (Å²) < 4.78 is 19.1. The van der Waals surface area contributed by atoms with Gasteiger partial charge in [0, 0.05) is 18.3 Å². The van der Waals surface area contributed by atoms with E-state index in [2.05, 4.69) is 10.3 Å². The summed E-state index contributed by atoms with van der Waals surface area (Å²) in [6.45, 7) is 0. The van der Waals surface area contributed by atoms with Gasteiger partial charge in [-0.3, -0.25) is 19.7 Å². The molecule has 1 heterocycles. The van der Waals surface area contributed by atoms with Crippen LogP contribution in [0, 0.1) is 15.9 Å². The Kier molecular flexibility index (Phi) is 5.65.